The first-order chi connectivity index (χ1) is 13.6. The molecule has 0 spiro atoms. The van der Waals surface area contributed by atoms with Crippen molar-refractivity contribution in [2.24, 2.45) is 5.92 Å². The molecule has 1 aliphatic heterocycles. The van der Waals surface area contributed by atoms with Gasteiger partial charge in [0.15, 0.2) is 0 Å². The Bertz CT molecular complexity index is 749. The Morgan fingerprint density at radius 1 is 1.07 bits per heavy atom. The molecule has 0 atom stereocenters. The minimum atomic E-state index is 0.0781. The van der Waals surface area contributed by atoms with E-state index in [1.54, 1.807) is 7.11 Å². The van der Waals surface area contributed by atoms with Gasteiger partial charge >= 0.3 is 0 Å². The number of nitrogens with one attached hydrogen (secondary N) is 1. The molecule has 1 amide bonds. The Morgan fingerprint density at radius 3 is 2.50 bits per heavy atom. The van der Waals surface area contributed by atoms with Crippen molar-refractivity contribution in [3.63, 3.8) is 0 Å². The van der Waals surface area contributed by atoms with Crippen LogP contribution in [0.2, 0.25) is 0 Å². The lowest BCUT2D eigenvalue weighted by Crippen LogP contribution is -2.32. The van der Waals surface area contributed by atoms with Crippen molar-refractivity contribution in [3.05, 3.63) is 65.2 Å². The van der Waals surface area contributed by atoms with Crippen molar-refractivity contribution < 1.29 is 9.53 Å². The minimum absolute atomic E-state index is 0.0781. The van der Waals surface area contributed by atoms with Crippen LogP contribution >= 0.6 is 0 Å². The summed E-state index contributed by atoms with van der Waals surface area (Å²) < 4.78 is 5.23. The number of benzene rings is 2. The highest BCUT2D eigenvalue weighted by Crippen LogP contribution is 2.18. The lowest BCUT2D eigenvalue weighted by atomic mass is 9.99. The normalized spacial score (nSPS) is 15.4. The van der Waals surface area contributed by atoms with Crippen molar-refractivity contribution in [2.75, 3.05) is 20.2 Å². The van der Waals surface area contributed by atoms with Crippen LogP contribution in [0.3, 0.4) is 0 Å². The van der Waals surface area contributed by atoms with E-state index in [1.807, 2.05) is 24.3 Å². The molecule has 3 rings (SSSR count). The highest BCUT2D eigenvalue weighted by molar-refractivity contribution is 5.76. The van der Waals surface area contributed by atoms with Gasteiger partial charge in [0.1, 0.15) is 5.75 Å². The average Bonchev–Trinajstić information content (AvgIpc) is 2.73. The van der Waals surface area contributed by atoms with Crippen LogP contribution in [-0.2, 0) is 24.3 Å². The SMILES string of the molecule is COc1cccc(CCC(=O)NCc2ccc(CN3CCC(C)CC3)cc2)c1. The summed E-state index contributed by atoms with van der Waals surface area (Å²) in [5.41, 5.74) is 3.61. The van der Waals surface area contributed by atoms with E-state index in [0.29, 0.717) is 13.0 Å². The zero-order valence-electron chi connectivity index (χ0n) is 17.1. The number of likely N-dealkylation sites (tertiary alicyclic amines) is 1. The fourth-order valence-electron chi connectivity index (χ4n) is 3.62. The molecule has 1 N–H and O–H groups in total. The van der Waals surface area contributed by atoms with Crippen molar-refractivity contribution in [1.82, 2.24) is 10.2 Å². The van der Waals surface area contributed by atoms with Gasteiger partial charge in [-0.05, 0) is 67.1 Å². The summed E-state index contributed by atoms with van der Waals surface area (Å²) in [7, 11) is 1.66. The number of carbonyl (C=O) groups excluding carboxylic acids is 1. The maximum atomic E-state index is 12.2. The molecule has 2 aromatic carbocycles. The second kappa shape index (κ2) is 10.3. The lowest BCUT2D eigenvalue weighted by molar-refractivity contribution is -0.121. The fourth-order valence-corrected chi connectivity index (χ4v) is 3.62. The zero-order chi connectivity index (χ0) is 19.8. The first-order valence-electron chi connectivity index (χ1n) is 10.3. The molecule has 2 aromatic rings. The molecule has 28 heavy (non-hydrogen) atoms. The van der Waals surface area contributed by atoms with Crippen LogP contribution in [-0.4, -0.2) is 31.0 Å². The molecule has 150 valence electrons. The van der Waals surface area contributed by atoms with Gasteiger partial charge in [-0.3, -0.25) is 9.69 Å². The smallest absolute Gasteiger partial charge is 0.220 e. The molecule has 1 saturated heterocycles. The van der Waals surface area contributed by atoms with Gasteiger partial charge in [0.25, 0.3) is 0 Å². The Morgan fingerprint density at radius 2 is 1.79 bits per heavy atom. The van der Waals surface area contributed by atoms with E-state index in [2.05, 4.69) is 41.4 Å². The molecule has 4 heteroatoms. The van der Waals surface area contributed by atoms with Crippen LogP contribution in [0.5, 0.6) is 5.75 Å². The van der Waals surface area contributed by atoms with E-state index >= 15 is 0 Å². The topological polar surface area (TPSA) is 41.6 Å². The number of nitrogens with zero attached hydrogens (tertiary/aromatic N) is 1. The highest BCUT2D eigenvalue weighted by atomic mass is 16.5. The third kappa shape index (κ3) is 6.38. The van der Waals surface area contributed by atoms with Gasteiger partial charge in [0.2, 0.25) is 5.91 Å². The summed E-state index contributed by atoms with van der Waals surface area (Å²) in [5.74, 6) is 1.78. The van der Waals surface area contributed by atoms with Gasteiger partial charge in [-0.2, -0.15) is 0 Å². The van der Waals surface area contributed by atoms with Crippen LogP contribution in [0.15, 0.2) is 48.5 Å². The number of carbonyl (C=O) groups is 1. The first kappa shape index (κ1) is 20.4. The second-order valence-corrected chi connectivity index (χ2v) is 7.90. The van der Waals surface area contributed by atoms with Gasteiger partial charge in [-0.15, -0.1) is 0 Å². The van der Waals surface area contributed by atoms with Gasteiger partial charge in [0, 0.05) is 19.5 Å². The maximum absolute atomic E-state index is 12.2. The van der Waals surface area contributed by atoms with Crippen molar-refractivity contribution in [1.29, 1.82) is 0 Å². The molecule has 1 fully saturated rings. The molecule has 0 aliphatic carbocycles. The summed E-state index contributed by atoms with van der Waals surface area (Å²) >= 11 is 0. The number of piperidine rings is 1. The van der Waals surface area contributed by atoms with Crippen molar-refractivity contribution in [2.45, 2.75) is 45.7 Å². The summed E-state index contributed by atoms with van der Waals surface area (Å²) in [6, 6.07) is 16.5. The quantitative estimate of drug-likeness (QED) is 0.747. The summed E-state index contributed by atoms with van der Waals surface area (Å²) in [4.78, 5) is 14.7. The number of rotatable bonds is 8. The monoisotopic (exact) mass is 380 g/mol. The molecule has 0 unspecified atom stereocenters. The van der Waals surface area contributed by atoms with Crippen molar-refractivity contribution >= 4 is 5.91 Å². The molecular weight excluding hydrogens is 348 g/mol. The third-order valence-corrected chi connectivity index (χ3v) is 5.57. The van der Waals surface area contributed by atoms with Gasteiger partial charge in [0.05, 0.1) is 7.11 Å². The predicted molar refractivity (Wildman–Crippen MR) is 113 cm³/mol. The summed E-state index contributed by atoms with van der Waals surface area (Å²) in [5, 5.41) is 3.02. The second-order valence-electron chi connectivity index (χ2n) is 7.90. The fraction of sp³-hybridized carbons (Fsp3) is 0.458. The number of aryl methyl sites for hydroxylation is 1. The van der Waals surface area contributed by atoms with Gasteiger partial charge in [-0.25, -0.2) is 0 Å². The Labute approximate surface area is 168 Å². The molecule has 4 nitrogen and oxygen atoms in total. The van der Waals surface area contributed by atoms with E-state index in [4.69, 9.17) is 4.74 Å². The van der Waals surface area contributed by atoms with Gasteiger partial charge < -0.3 is 10.1 Å². The number of hydrogen-bond acceptors (Lipinski definition) is 3. The number of amides is 1. The molecule has 1 heterocycles. The minimum Gasteiger partial charge on any atom is -0.497 e. The zero-order valence-corrected chi connectivity index (χ0v) is 17.1. The average molecular weight is 381 g/mol. The molecule has 1 aliphatic rings. The van der Waals surface area contributed by atoms with E-state index in [1.165, 1.54) is 31.5 Å². The molecule has 0 bridgehead atoms. The summed E-state index contributed by atoms with van der Waals surface area (Å²) in [6.45, 7) is 6.36. The molecule has 0 aromatic heterocycles. The standard InChI is InChI=1S/C24H32N2O2/c1-19-12-14-26(15-13-19)18-22-8-6-21(7-9-22)17-25-24(27)11-10-20-4-3-5-23(16-20)28-2/h3-9,16,19H,10-15,17-18H2,1-2H3,(H,25,27). The van der Waals surface area contributed by atoms with E-state index in [-0.39, 0.29) is 5.91 Å². The maximum Gasteiger partial charge on any atom is 0.220 e. The van der Waals surface area contributed by atoms with Crippen LogP contribution < -0.4 is 10.1 Å². The first-order valence-corrected chi connectivity index (χ1v) is 10.3. The highest BCUT2D eigenvalue weighted by Gasteiger charge is 2.15. The van der Waals surface area contributed by atoms with Crippen LogP contribution in [0.4, 0.5) is 0 Å². The summed E-state index contributed by atoms with van der Waals surface area (Å²) in [6.07, 6.45) is 3.81. The van der Waals surface area contributed by atoms with Crippen molar-refractivity contribution in [3.8, 4) is 5.75 Å². The van der Waals surface area contributed by atoms with E-state index in [0.717, 1.165) is 35.8 Å². The molecule has 0 saturated carbocycles. The predicted octanol–water partition coefficient (Wildman–Crippen LogP) is 4.18. The van der Waals surface area contributed by atoms with E-state index < -0.39 is 0 Å². The molecule has 0 radical (unpaired) electrons. The number of methoxy groups -OCH3 is 1. The lowest BCUT2D eigenvalue weighted by Gasteiger charge is -2.30. The largest absolute Gasteiger partial charge is 0.497 e. The third-order valence-electron chi connectivity index (χ3n) is 5.57. The number of hydrogen-bond donors (Lipinski definition) is 1. The van der Waals surface area contributed by atoms with Crippen LogP contribution in [0, 0.1) is 5.92 Å². The number of ether oxygens (including phenoxy) is 1. The van der Waals surface area contributed by atoms with Crippen LogP contribution in [0.25, 0.3) is 0 Å². The van der Waals surface area contributed by atoms with E-state index in [9.17, 15) is 4.79 Å². The Hall–Kier alpha value is -2.33. The van der Waals surface area contributed by atoms with Crippen LogP contribution in [0.1, 0.15) is 42.9 Å². The Kier molecular flexibility index (Phi) is 7.49. The Balaban J connectivity index is 1.39. The van der Waals surface area contributed by atoms with Gasteiger partial charge in [-0.1, -0.05) is 43.3 Å². The molecular formula is C24H32N2O2.